The van der Waals surface area contributed by atoms with Gasteiger partial charge in [0.2, 0.25) is 0 Å². The van der Waals surface area contributed by atoms with Gasteiger partial charge in [0, 0.05) is 16.0 Å². The molecule has 2 atom stereocenters. The van der Waals surface area contributed by atoms with E-state index >= 15 is 0 Å². The van der Waals surface area contributed by atoms with Crippen LogP contribution < -0.4 is 5.32 Å². The molecule has 0 aliphatic carbocycles. The number of aliphatic hydroxyl groups is 1. The van der Waals surface area contributed by atoms with Crippen LogP contribution in [0.1, 0.15) is 12.8 Å². The van der Waals surface area contributed by atoms with Crippen molar-refractivity contribution in [2.75, 3.05) is 18.6 Å². The Morgan fingerprint density at radius 2 is 2.54 bits per heavy atom. The van der Waals surface area contributed by atoms with Gasteiger partial charge in [-0.1, -0.05) is 0 Å². The van der Waals surface area contributed by atoms with Crippen LogP contribution in [0.5, 0.6) is 0 Å². The molecule has 76 valence electrons. The smallest absolute Gasteiger partial charge is 0.106 e. The summed E-state index contributed by atoms with van der Waals surface area (Å²) >= 11 is 0. The maximum Gasteiger partial charge on any atom is 0.106 e. The summed E-state index contributed by atoms with van der Waals surface area (Å²) in [4.78, 5) is 0. The maximum atomic E-state index is 11.0. The maximum absolute atomic E-state index is 11.0. The minimum absolute atomic E-state index is 0.0155. The molecule has 0 saturated carbocycles. The predicted molar refractivity (Wildman–Crippen MR) is 53.4 cm³/mol. The lowest BCUT2D eigenvalue weighted by Gasteiger charge is -2.08. The average molecular weight is 204 g/mol. The molecule has 4 nitrogen and oxygen atoms in total. The minimum atomic E-state index is -2.51. The van der Waals surface area contributed by atoms with Crippen molar-refractivity contribution in [2.24, 2.45) is 0 Å². The molecule has 1 fully saturated rings. The predicted octanol–water partition coefficient (Wildman–Crippen LogP) is 0.857. The number of aliphatic hydroxyl groups excluding tert-OH is 1. The van der Waals surface area contributed by atoms with E-state index in [-0.39, 0.29) is 17.6 Å². The van der Waals surface area contributed by atoms with Crippen molar-refractivity contribution in [1.82, 2.24) is 5.32 Å². The topological polar surface area (TPSA) is 73.2 Å². The molecule has 0 aromatic rings. The summed E-state index contributed by atoms with van der Waals surface area (Å²) in [5, 5.41) is 12.6. The Morgan fingerprint density at radius 3 is 3.00 bits per heavy atom. The van der Waals surface area contributed by atoms with Crippen LogP contribution in [0.4, 0.5) is 0 Å². The van der Waals surface area contributed by atoms with E-state index in [1.807, 2.05) is 0 Å². The SMILES string of the molecule is CS(=N)(=O)CC=C(O)[C@@H]1CCCN1. The van der Waals surface area contributed by atoms with Crippen molar-refractivity contribution in [1.29, 1.82) is 4.78 Å². The van der Waals surface area contributed by atoms with Gasteiger partial charge in [0.05, 0.1) is 11.8 Å². The van der Waals surface area contributed by atoms with Crippen molar-refractivity contribution in [3.8, 4) is 0 Å². The van der Waals surface area contributed by atoms with Gasteiger partial charge in [0.1, 0.15) is 5.76 Å². The summed E-state index contributed by atoms with van der Waals surface area (Å²) in [6.07, 6.45) is 4.85. The molecule has 1 aliphatic rings. The van der Waals surface area contributed by atoms with Gasteiger partial charge in [0.25, 0.3) is 0 Å². The third-order valence-electron chi connectivity index (χ3n) is 2.03. The van der Waals surface area contributed by atoms with Crippen LogP contribution in [0.25, 0.3) is 0 Å². The van der Waals surface area contributed by atoms with Crippen LogP contribution in [0, 0.1) is 4.78 Å². The highest BCUT2D eigenvalue weighted by Crippen LogP contribution is 2.11. The number of hydrogen-bond donors (Lipinski definition) is 3. The fourth-order valence-corrected chi connectivity index (χ4v) is 1.81. The lowest BCUT2D eigenvalue weighted by atomic mass is 10.2. The van der Waals surface area contributed by atoms with Crippen LogP contribution in [-0.4, -0.2) is 33.9 Å². The Morgan fingerprint density at radius 1 is 1.85 bits per heavy atom. The quantitative estimate of drug-likeness (QED) is 0.597. The second-order valence-electron chi connectivity index (χ2n) is 3.45. The van der Waals surface area contributed by atoms with Crippen molar-refractivity contribution in [3.63, 3.8) is 0 Å². The number of nitrogens with one attached hydrogen (secondary N) is 2. The van der Waals surface area contributed by atoms with E-state index < -0.39 is 9.73 Å². The van der Waals surface area contributed by atoms with Crippen LogP contribution in [0.3, 0.4) is 0 Å². The van der Waals surface area contributed by atoms with Crippen LogP contribution >= 0.6 is 0 Å². The van der Waals surface area contributed by atoms with Crippen molar-refractivity contribution in [3.05, 3.63) is 11.8 Å². The summed E-state index contributed by atoms with van der Waals surface area (Å²) in [6, 6.07) is 0.0155. The lowest BCUT2D eigenvalue weighted by Crippen LogP contribution is -2.23. The normalized spacial score (nSPS) is 28.7. The first-order valence-electron chi connectivity index (χ1n) is 4.33. The molecule has 3 N–H and O–H groups in total. The van der Waals surface area contributed by atoms with E-state index in [1.165, 1.54) is 12.3 Å². The first-order valence-corrected chi connectivity index (χ1v) is 6.46. The summed E-state index contributed by atoms with van der Waals surface area (Å²) < 4.78 is 18.1. The second-order valence-corrected chi connectivity index (χ2v) is 5.79. The molecule has 0 radical (unpaired) electrons. The molecule has 13 heavy (non-hydrogen) atoms. The van der Waals surface area contributed by atoms with Crippen molar-refractivity contribution in [2.45, 2.75) is 18.9 Å². The van der Waals surface area contributed by atoms with E-state index in [2.05, 4.69) is 5.32 Å². The molecule has 1 unspecified atom stereocenters. The highest BCUT2D eigenvalue weighted by molar-refractivity contribution is 7.91. The monoisotopic (exact) mass is 204 g/mol. The highest BCUT2D eigenvalue weighted by Gasteiger charge is 2.17. The highest BCUT2D eigenvalue weighted by atomic mass is 32.2. The Bertz CT molecular complexity index is 289. The molecule has 1 saturated heterocycles. The molecule has 0 aromatic carbocycles. The molecule has 0 bridgehead atoms. The largest absolute Gasteiger partial charge is 0.511 e. The number of rotatable bonds is 3. The van der Waals surface area contributed by atoms with E-state index in [4.69, 9.17) is 4.78 Å². The van der Waals surface area contributed by atoms with E-state index in [9.17, 15) is 9.32 Å². The van der Waals surface area contributed by atoms with Gasteiger partial charge >= 0.3 is 0 Å². The van der Waals surface area contributed by atoms with Gasteiger partial charge in [0.15, 0.2) is 0 Å². The zero-order valence-electron chi connectivity index (χ0n) is 7.75. The molecule has 0 spiro atoms. The molecule has 5 heteroatoms. The zero-order valence-corrected chi connectivity index (χ0v) is 8.56. The van der Waals surface area contributed by atoms with Crippen LogP contribution in [0.15, 0.2) is 11.8 Å². The summed E-state index contributed by atoms with van der Waals surface area (Å²) in [6.45, 7) is 0.922. The van der Waals surface area contributed by atoms with E-state index in [1.54, 1.807) is 0 Å². The molecular formula is C8H16N2O2S. The first-order chi connectivity index (χ1) is 5.99. The van der Waals surface area contributed by atoms with Gasteiger partial charge in [-0.2, -0.15) is 0 Å². The molecule has 0 aromatic heterocycles. The minimum Gasteiger partial charge on any atom is -0.511 e. The molecule has 1 aliphatic heterocycles. The zero-order chi connectivity index (χ0) is 9.90. The summed E-state index contributed by atoms with van der Waals surface area (Å²) in [5.41, 5.74) is 0. The van der Waals surface area contributed by atoms with E-state index in [0.29, 0.717) is 0 Å². The van der Waals surface area contributed by atoms with Gasteiger partial charge in [-0.3, -0.25) is 4.78 Å². The van der Waals surface area contributed by atoms with Crippen molar-refractivity contribution >= 4 is 9.73 Å². The van der Waals surface area contributed by atoms with Crippen molar-refractivity contribution < 1.29 is 9.32 Å². The Kier molecular flexibility index (Phi) is 3.33. The van der Waals surface area contributed by atoms with Gasteiger partial charge in [-0.05, 0) is 25.5 Å². The first kappa shape index (κ1) is 10.5. The Hall–Kier alpha value is -0.550. The van der Waals surface area contributed by atoms with E-state index in [0.717, 1.165) is 19.4 Å². The third-order valence-corrected chi connectivity index (χ3v) is 2.83. The molecule has 1 heterocycles. The average Bonchev–Trinajstić information content (AvgIpc) is 2.50. The van der Waals surface area contributed by atoms with Gasteiger partial charge in [-0.15, -0.1) is 0 Å². The van der Waals surface area contributed by atoms with Crippen LogP contribution in [0.2, 0.25) is 0 Å². The standard InChI is InChI=1S/C8H16N2O2S/c1-13(9,12)6-4-8(11)7-3-2-5-10-7/h4,7,9-11H,2-3,5-6H2,1H3/t7-,13?/m0/s1. The molecule has 1 rings (SSSR count). The molecular weight excluding hydrogens is 188 g/mol. The fourth-order valence-electron chi connectivity index (χ4n) is 1.32. The molecule has 0 amide bonds. The summed E-state index contributed by atoms with van der Waals surface area (Å²) in [5.74, 6) is 0.371. The fraction of sp³-hybridized carbons (Fsp3) is 0.750. The lowest BCUT2D eigenvalue weighted by molar-refractivity contribution is 0.354. The van der Waals surface area contributed by atoms with Gasteiger partial charge in [-0.25, -0.2) is 4.21 Å². The Labute approximate surface area is 79.0 Å². The summed E-state index contributed by atoms with van der Waals surface area (Å²) in [7, 11) is -2.51. The second kappa shape index (κ2) is 4.11. The van der Waals surface area contributed by atoms with Gasteiger partial charge < -0.3 is 10.4 Å². The Balaban J connectivity index is 2.50. The third kappa shape index (κ3) is 3.78. The number of hydrogen-bond acceptors (Lipinski definition) is 4. The van der Waals surface area contributed by atoms with Crippen LogP contribution in [-0.2, 0) is 9.73 Å².